The lowest BCUT2D eigenvalue weighted by atomic mass is 10.2. The molecule has 0 N–H and O–H groups in total. The number of carbonyl (C=O) groups excluding carboxylic acids is 1. The molecule has 0 spiro atoms. The molecule has 1 aromatic carbocycles. The SMILES string of the molecule is CC(C)[Si](C#Cc1ccc(C=O)cc1)(C(C)C)C(C)C. The van der Waals surface area contributed by atoms with Crippen LogP contribution in [-0.4, -0.2) is 14.4 Å². The average Bonchev–Trinajstić information content (AvgIpc) is 2.38. The van der Waals surface area contributed by atoms with Crippen molar-refractivity contribution < 1.29 is 4.79 Å². The molecule has 0 radical (unpaired) electrons. The van der Waals surface area contributed by atoms with Crippen LogP contribution in [0.5, 0.6) is 0 Å². The Morgan fingerprint density at radius 1 is 0.900 bits per heavy atom. The topological polar surface area (TPSA) is 17.1 Å². The summed E-state index contributed by atoms with van der Waals surface area (Å²) in [4.78, 5) is 10.7. The highest BCUT2D eigenvalue weighted by Crippen LogP contribution is 2.40. The predicted octanol–water partition coefficient (Wildman–Crippen LogP) is 5.07. The van der Waals surface area contributed by atoms with Crippen LogP contribution >= 0.6 is 0 Å². The van der Waals surface area contributed by atoms with Gasteiger partial charge in [0.05, 0.1) is 0 Å². The summed E-state index contributed by atoms with van der Waals surface area (Å²) >= 11 is 0. The number of benzene rings is 1. The van der Waals surface area contributed by atoms with E-state index in [1.165, 1.54) is 0 Å². The zero-order valence-electron chi connectivity index (χ0n) is 13.5. The van der Waals surface area contributed by atoms with E-state index in [0.717, 1.165) is 11.8 Å². The number of hydrogen-bond acceptors (Lipinski definition) is 1. The molecular weight excluding hydrogens is 260 g/mol. The molecule has 0 unspecified atom stereocenters. The Bertz CT molecular complexity index is 479. The van der Waals surface area contributed by atoms with E-state index in [2.05, 4.69) is 53.0 Å². The first-order valence-corrected chi connectivity index (χ1v) is 9.66. The number of aldehydes is 1. The van der Waals surface area contributed by atoms with Gasteiger partial charge in [-0.3, -0.25) is 4.79 Å². The highest BCUT2D eigenvalue weighted by atomic mass is 28.3. The molecule has 0 saturated carbocycles. The Morgan fingerprint density at radius 2 is 1.35 bits per heavy atom. The highest BCUT2D eigenvalue weighted by Gasteiger charge is 2.41. The molecule has 2 heteroatoms. The minimum Gasteiger partial charge on any atom is -0.298 e. The monoisotopic (exact) mass is 286 g/mol. The van der Waals surface area contributed by atoms with E-state index in [1.54, 1.807) is 0 Å². The summed E-state index contributed by atoms with van der Waals surface area (Å²) in [5.74, 6) is 3.38. The van der Waals surface area contributed by atoms with Crippen LogP contribution in [0.4, 0.5) is 0 Å². The minimum absolute atomic E-state index is 0.643. The third-order valence-electron chi connectivity index (χ3n) is 4.34. The second kappa shape index (κ2) is 6.90. The molecule has 0 aromatic heterocycles. The van der Waals surface area contributed by atoms with Crippen molar-refractivity contribution in [3.05, 3.63) is 35.4 Å². The zero-order chi connectivity index (χ0) is 15.3. The van der Waals surface area contributed by atoms with Gasteiger partial charge in [-0.05, 0) is 28.8 Å². The first-order chi connectivity index (χ1) is 9.34. The molecule has 20 heavy (non-hydrogen) atoms. The van der Waals surface area contributed by atoms with Gasteiger partial charge < -0.3 is 0 Å². The smallest absolute Gasteiger partial charge is 0.150 e. The van der Waals surface area contributed by atoms with E-state index in [4.69, 9.17) is 0 Å². The van der Waals surface area contributed by atoms with E-state index in [1.807, 2.05) is 24.3 Å². The summed E-state index contributed by atoms with van der Waals surface area (Å²) in [5.41, 5.74) is 7.33. The lowest BCUT2D eigenvalue weighted by Gasteiger charge is -2.38. The fraction of sp³-hybridized carbons (Fsp3) is 0.500. The first kappa shape index (κ1) is 16.7. The van der Waals surface area contributed by atoms with Gasteiger partial charge in [0.15, 0.2) is 0 Å². The van der Waals surface area contributed by atoms with Gasteiger partial charge in [-0.2, -0.15) is 0 Å². The third-order valence-corrected chi connectivity index (χ3v) is 10.6. The van der Waals surface area contributed by atoms with E-state index in [9.17, 15) is 4.79 Å². The van der Waals surface area contributed by atoms with Crippen molar-refractivity contribution in [1.29, 1.82) is 0 Å². The Labute approximate surface area is 124 Å². The van der Waals surface area contributed by atoms with Gasteiger partial charge in [0, 0.05) is 11.1 Å². The summed E-state index contributed by atoms with van der Waals surface area (Å²) in [6.07, 6.45) is 0.868. The molecule has 108 valence electrons. The number of carbonyl (C=O) groups is 1. The number of hydrogen-bond donors (Lipinski definition) is 0. The van der Waals surface area contributed by atoms with Crippen molar-refractivity contribution >= 4 is 14.4 Å². The summed E-state index contributed by atoms with van der Waals surface area (Å²) in [6, 6.07) is 7.55. The van der Waals surface area contributed by atoms with Crippen molar-refractivity contribution in [2.75, 3.05) is 0 Å². The van der Waals surface area contributed by atoms with Gasteiger partial charge in [-0.25, -0.2) is 0 Å². The lowest BCUT2D eigenvalue weighted by Crippen LogP contribution is -2.43. The van der Waals surface area contributed by atoms with E-state index in [0.29, 0.717) is 22.2 Å². The maximum Gasteiger partial charge on any atom is 0.150 e. The molecule has 1 nitrogen and oxygen atoms in total. The molecule has 0 aliphatic rings. The Morgan fingerprint density at radius 3 is 1.70 bits per heavy atom. The standard InChI is InChI=1S/C18H26OSi/c1-14(2)20(15(3)4,16(5)6)12-11-17-7-9-18(13-19)10-8-17/h7-10,13-16H,1-6H3. The van der Waals surface area contributed by atoms with Crippen LogP contribution in [0.2, 0.25) is 16.6 Å². The minimum atomic E-state index is -1.66. The molecule has 0 fully saturated rings. The van der Waals surface area contributed by atoms with Crippen molar-refractivity contribution in [3.8, 4) is 11.5 Å². The largest absolute Gasteiger partial charge is 0.298 e. The van der Waals surface area contributed by atoms with Gasteiger partial charge >= 0.3 is 0 Å². The maximum absolute atomic E-state index is 10.7. The highest BCUT2D eigenvalue weighted by molar-refractivity contribution is 6.90. The molecule has 0 aliphatic carbocycles. The summed E-state index contributed by atoms with van der Waals surface area (Å²) < 4.78 is 0. The molecular formula is C18H26OSi. The van der Waals surface area contributed by atoms with E-state index < -0.39 is 8.07 Å². The second-order valence-corrected chi connectivity index (χ2v) is 12.0. The molecule has 0 heterocycles. The van der Waals surface area contributed by atoms with Crippen LogP contribution in [0.1, 0.15) is 57.5 Å². The summed E-state index contributed by atoms with van der Waals surface area (Å²) in [7, 11) is -1.66. The van der Waals surface area contributed by atoms with Gasteiger partial charge in [0.1, 0.15) is 14.4 Å². The predicted molar refractivity (Wildman–Crippen MR) is 89.8 cm³/mol. The second-order valence-electron chi connectivity index (χ2n) is 6.39. The van der Waals surface area contributed by atoms with Gasteiger partial charge in [-0.15, -0.1) is 5.54 Å². The number of rotatable bonds is 4. The van der Waals surface area contributed by atoms with Crippen LogP contribution in [0.15, 0.2) is 24.3 Å². The Hall–Kier alpha value is -1.33. The van der Waals surface area contributed by atoms with Gasteiger partial charge in [0.25, 0.3) is 0 Å². The molecule has 0 aliphatic heterocycles. The maximum atomic E-state index is 10.7. The lowest BCUT2D eigenvalue weighted by molar-refractivity contribution is 0.112. The Kier molecular flexibility index (Phi) is 5.77. The fourth-order valence-corrected chi connectivity index (χ4v) is 8.49. The molecule has 0 saturated heterocycles. The van der Waals surface area contributed by atoms with Crippen LogP contribution < -0.4 is 0 Å². The van der Waals surface area contributed by atoms with Crippen molar-refractivity contribution in [2.24, 2.45) is 0 Å². The zero-order valence-corrected chi connectivity index (χ0v) is 14.5. The normalized spacial score (nSPS) is 11.7. The summed E-state index contributed by atoms with van der Waals surface area (Å²) in [6.45, 7) is 13.9. The molecule has 0 bridgehead atoms. The van der Waals surface area contributed by atoms with Crippen LogP contribution in [-0.2, 0) is 0 Å². The van der Waals surface area contributed by atoms with Crippen molar-refractivity contribution in [3.63, 3.8) is 0 Å². The summed E-state index contributed by atoms with van der Waals surface area (Å²) in [5, 5.41) is 0. The van der Waals surface area contributed by atoms with E-state index in [-0.39, 0.29) is 0 Å². The van der Waals surface area contributed by atoms with Crippen LogP contribution in [0.25, 0.3) is 0 Å². The third kappa shape index (κ3) is 3.40. The molecule has 1 rings (SSSR count). The molecule has 0 atom stereocenters. The van der Waals surface area contributed by atoms with E-state index >= 15 is 0 Å². The van der Waals surface area contributed by atoms with Crippen LogP contribution in [0.3, 0.4) is 0 Å². The quantitative estimate of drug-likeness (QED) is 0.429. The van der Waals surface area contributed by atoms with Gasteiger partial charge in [0.2, 0.25) is 0 Å². The van der Waals surface area contributed by atoms with Crippen molar-refractivity contribution in [1.82, 2.24) is 0 Å². The Balaban J connectivity index is 3.19. The first-order valence-electron chi connectivity index (χ1n) is 7.43. The average molecular weight is 286 g/mol. The van der Waals surface area contributed by atoms with Crippen LogP contribution in [0, 0.1) is 11.5 Å². The fourth-order valence-electron chi connectivity index (χ4n) is 3.26. The molecule has 1 aromatic rings. The van der Waals surface area contributed by atoms with Crippen molar-refractivity contribution in [2.45, 2.75) is 58.2 Å². The molecule has 0 amide bonds. The van der Waals surface area contributed by atoms with Gasteiger partial charge in [-0.1, -0.05) is 59.6 Å².